The molecule has 1 heterocycles. The molecule has 0 radical (unpaired) electrons. The molecule has 0 fully saturated rings. The second kappa shape index (κ2) is 9.16. The second-order valence-electron chi connectivity index (χ2n) is 9.10. The van der Waals surface area contributed by atoms with E-state index in [1.807, 2.05) is 30.5 Å². The van der Waals surface area contributed by atoms with Gasteiger partial charge in [0.15, 0.2) is 0 Å². The maximum Gasteiger partial charge on any atom is 0.148 e. The van der Waals surface area contributed by atoms with Crippen LogP contribution in [0.2, 0.25) is 0 Å². The average Bonchev–Trinajstić information content (AvgIpc) is 3.41. The molecule has 35 heavy (non-hydrogen) atoms. The highest BCUT2D eigenvalue weighted by Crippen LogP contribution is 2.49. The molecule has 0 aromatic heterocycles. The average molecular weight is 455 g/mol. The first-order valence-electron chi connectivity index (χ1n) is 12.1. The number of aliphatic imine (C=N–C) groups is 1. The molecule has 1 aliphatic heterocycles. The summed E-state index contributed by atoms with van der Waals surface area (Å²) in [5.74, 6) is 4.30. The molecule has 4 aromatic carbocycles. The monoisotopic (exact) mass is 454 g/mol. The standard InChI is InChI=1S/C32H26N2O/c1-2-20-35-31-19-16-22-8-3-4-9-25(22)29(31)21-33-24-17-14-23(15-18-24)32-28-12-7-11-26(28)27-10-5-6-13-30(27)34-32/h1,3-11,13-19,21,26,28,32,34H,12,20H2/t26-,28-,32+/m1/s1. The van der Waals surface area contributed by atoms with Gasteiger partial charge in [0, 0.05) is 23.4 Å². The number of allylic oxidation sites excluding steroid dienone is 2. The van der Waals surface area contributed by atoms with E-state index in [4.69, 9.17) is 16.2 Å². The van der Waals surface area contributed by atoms with Crippen molar-refractivity contribution >= 4 is 28.4 Å². The zero-order valence-electron chi connectivity index (χ0n) is 19.4. The molecular weight excluding hydrogens is 428 g/mol. The van der Waals surface area contributed by atoms with Crippen molar-refractivity contribution < 1.29 is 4.74 Å². The zero-order chi connectivity index (χ0) is 23.6. The number of fused-ring (bicyclic) bond motifs is 4. The van der Waals surface area contributed by atoms with Gasteiger partial charge in [-0.3, -0.25) is 4.99 Å². The Labute approximate surface area is 206 Å². The number of ether oxygens (including phenoxy) is 1. The van der Waals surface area contributed by atoms with E-state index in [0.717, 1.165) is 34.2 Å². The van der Waals surface area contributed by atoms with Crippen LogP contribution in [0, 0.1) is 18.3 Å². The Morgan fingerprint density at radius 3 is 2.69 bits per heavy atom. The van der Waals surface area contributed by atoms with E-state index < -0.39 is 0 Å². The predicted octanol–water partition coefficient (Wildman–Crippen LogP) is 7.43. The van der Waals surface area contributed by atoms with E-state index in [2.05, 4.69) is 84.1 Å². The van der Waals surface area contributed by atoms with Gasteiger partial charge >= 0.3 is 0 Å². The highest BCUT2D eigenvalue weighted by atomic mass is 16.5. The number of hydrogen-bond donors (Lipinski definition) is 1. The number of hydrogen-bond acceptors (Lipinski definition) is 3. The summed E-state index contributed by atoms with van der Waals surface area (Å²) < 4.78 is 5.81. The molecule has 1 N–H and O–H groups in total. The van der Waals surface area contributed by atoms with Crippen LogP contribution in [0.5, 0.6) is 5.75 Å². The Hall–Kier alpha value is -4.29. The summed E-state index contributed by atoms with van der Waals surface area (Å²) in [6.07, 6.45) is 13.1. The Kier molecular flexibility index (Phi) is 5.56. The summed E-state index contributed by atoms with van der Waals surface area (Å²) in [4.78, 5) is 4.79. The fourth-order valence-corrected chi connectivity index (χ4v) is 5.43. The molecule has 6 rings (SSSR count). The van der Waals surface area contributed by atoms with Crippen LogP contribution in [0.3, 0.4) is 0 Å². The van der Waals surface area contributed by atoms with Crippen LogP contribution in [0.15, 0.2) is 102 Å². The minimum Gasteiger partial charge on any atom is -0.480 e. The van der Waals surface area contributed by atoms with Crippen molar-refractivity contribution in [1.82, 2.24) is 0 Å². The quantitative estimate of drug-likeness (QED) is 0.193. The maximum absolute atomic E-state index is 5.81. The summed E-state index contributed by atoms with van der Waals surface area (Å²) in [5, 5.41) is 6.03. The van der Waals surface area contributed by atoms with Gasteiger partial charge in [0.05, 0.1) is 11.7 Å². The fourth-order valence-electron chi connectivity index (χ4n) is 5.43. The van der Waals surface area contributed by atoms with Crippen molar-refractivity contribution in [2.75, 3.05) is 11.9 Å². The molecule has 1 aliphatic carbocycles. The van der Waals surface area contributed by atoms with Crippen LogP contribution in [-0.4, -0.2) is 12.8 Å². The molecule has 0 spiro atoms. The summed E-state index contributed by atoms with van der Waals surface area (Å²) >= 11 is 0. The van der Waals surface area contributed by atoms with Crippen LogP contribution < -0.4 is 10.1 Å². The Bertz CT molecular complexity index is 1480. The Morgan fingerprint density at radius 2 is 1.80 bits per heavy atom. The minimum atomic E-state index is 0.225. The van der Waals surface area contributed by atoms with Crippen LogP contribution in [-0.2, 0) is 0 Å². The van der Waals surface area contributed by atoms with Crippen molar-refractivity contribution in [1.29, 1.82) is 0 Å². The molecule has 3 nitrogen and oxygen atoms in total. The lowest BCUT2D eigenvalue weighted by Crippen LogP contribution is -2.28. The zero-order valence-corrected chi connectivity index (χ0v) is 19.4. The Morgan fingerprint density at radius 1 is 0.971 bits per heavy atom. The highest BCUT2D eigenvalue weighted by Gasteiger charge is 2.37. The predicted molar refractivity (Wildman–Crippen MR) is 145 cm³/mol. The van der Waals surface area contributed by atoms with Gasteiger partial charge in [-0.25, -0.2) is 0 Å². The lowest BCUT2D eigenvalue weighted by molar-refractivity contribution is 0.370. The van der Waals surface area contributed by atoms with Gasteiger partial charge in [-0.05, 0) is 58.5 Å². The van der Waals surface area contributed by atoms with E-state index in [0.29, 0.717) is 11.8 Å². The molecular formula is C32H26N2O. The molecule has 0 saturated heterocycles. The molecule has 0 saturated carbocycles. The first-order valence-corrected chi connectivity index (χ1v) is 12.1. The minimum absolute atomic E-state index is 0.225. The molecule has 3 heteroatoms. The highest BCUT2D eigenvalue weighted by molar-refractivity contribution is 6.03. The van der Waals surface area contributed by atoms with Crippen molar-refractivity contribution in [2.24, 2.45) is 10.9 Å². The van der Waals surface area contributed by atoms with Crippen molar-refractivity contribution in [3.05, 3.63) is 114 Å². The molecule has 2 aliphatic rings. The van der Waals surface area contributed by atoms with E-state index in [1.165, 1.54) is 16.8 Å². The number of benzene rings is 4. The normalized spacial score (nSPS) is 20.3. The van der Waals surface area contributed by atoms with Crippen LogP contribution in [0.4, 0.5) is 11.4 Å². The molecule has 3 atom stereocenters. The van der Waals surface area contributed by atoms with Crippen LogP contribution in [0.25, 0.3) is 10.8 Å². The van der Waals surface area contributed by atoms with Crippen molar-refractivity contribution in [3.63, 3.8) is 0 Å². The SMILES string of the molecule is C#CCOc1ccc2ccccc2c1C=Nc1ccc([C@@H]2Nc3ccccc3[C@H]3C=CC[C@H]32)cc1. The summed E-state index contributed by atoms with van der Waals surface area (Å²) in [6.45, 7) is 0.225. The number of terminal acetylenes is 1. The lowest BCUT2D eigenvalue weighted by Gasteiger charge is -2.37. The number of para-hydroxylation sites is 1. The summed E-state index contributed by atoms with van der Waals surface area (Å²) in [7, 11) is 0. The number of nitrogens with zero attached hydrogens (tertiary/aromatic N) is 1. The molecule has 170 valence electrons. The van der Waals surface area contributed by atoms with Gasteiger partial charge in [-0.1, -0.05) is 78.7 Å². The van der Waals surface area contributed by atoms with Gasteiger partial charge < -0.3 is 10.1 Å². The van der Waals surface area contributed by atoms with Gasteiger partial charge in [0.25, 0.3) is 0 Å². The lowest BCUT2D eigenvalue weighted by atomic mass is 9.77. The smallest absolute Gasteiger partial charge is 0.148 e. The van der Waals surface area contributed by atoms with Gasteiger partial charge in [0.1, 0.15) is 12.4 Å². The van der Waals surface area contributed by atoms with Crippen LogP contribution >= 0.6 is 0 Å². The van der Waals surface area contributed by atoms with E-state index in [1.54, 1.807) is 0 Å². The van der Waals surface area contributed by atoms with E-state index >= 15 is 0 Å². The molecule has 0 unspecified atom stereocenters. The van der Waals surface area contributed by atoms with Gasteiger partial charge in [-0.15, -0.1) is 6.42 Å². The van der Waals surface area contributed by atoms with Crippen LogP contribution in [0.1, 0.15) is 35.1 Å². The third kappa shape index (κ3) is 3.98. The maximum atomic E-state index is 5.81. The van der Waals surface area contributed by atoms with Gasteiger partial charge in [0.2, 0.25) is 0 Å². The van der Waals surface area contributed by atoms with E-state index in [-0.39, 0.29) is 12.6 Å². The fraction of sp³-hybridized carbons (Fsp3) is 0.156. The molecule has 4 aromatic rings. The number of nitrogens with one attached hydrogen (secondary N) is 1. The molecule has 0 amide bonds. The Balaban J connectivity index is 1.29. The third-order valence-electron chi connectivity index (χ3n) is 7.11. The first kappa shape index (κ1) is 21.3. The number of anilines is 1. The topological polar surface area (TPSA) is 33.6 Å². The number of rotatable bonds is 5. The van der Waals surface area contributed by atoms with Crippen molar-refractivity contribution in [3.8, 4) is 18.1 Å². The first-order chi connectivity index (χ1) is 17.3. The molecule has 0 bridgehead atoms. The van der Waals surface area contributed by atoms with Gasteiger partial charge in [-0.2, -0.15) is 0 Å². The van der Waals surface area contributed by atoms with Crippen molar-refractivity contribution in [2.45, 2.75) is 18.4 Å². The third-order valence-corrected chi connectivity index (χ3v) is 7.11. The largest absolute Gasteiger partial charge is 0.480 e. The van der Waals surface area contributed by atoms with E-state index in [9.17, 15) is 0 Å². The summed E-state index contributed by atoms with van der Waals surface area (Å²) in [5.41, 5.74) is 5.78. The summed E-state index contributed by atoms with van der Waals surface area (Å²) in [6, 6.07) is 29.8. The second-order valence-corrected chi connectivity index (χ2v) is 9.10.